The van der Waals surface area contributed by atoms with E-state index in [4.69, 9.17) is 5.11 Å². The third-order valence-electron chi connectivity index (χ3n) is 3.72. The minimum Gasteiger partial charge on any atom is -0.478 e. The van der Waals surface area contributed by atoms with E-state index in [1.165, 1.54) is 0 Å². The number of pyridine rings is 1. The molecule has 4 N–H and O–H groups in total. The molecule has 0 aliphatic heterocycles. The molecular weight excluding hydrogens is 294 g/mol. The van der Waals surface area contributed by atoms with Gasteiger partial charge in [-0.2, -0.15) is 0 Å². The van der Waals surface area contributed by atoms with E-state index in [1.807, 2.05) is 19.1 Å². The molecule has 0 spiro atoms. The molecule has 23 heavy (non-hydrogen) atoms. The van der Waals surface area contributed by atoms with Crippen molar-refractivity contribution >= 4 is 22.8 Å². The van der Waals surface area contributed by atoms with Crippen LogP contribution in [0, 0.1) is 6.92 Å². The highest BCUT2D eigenvalue weighted by molar-refractivity contribution is 5.97. The van der Waals surface area contributed by atoms with Gasteiger partial charge in [-0.05, 0) is 47.9 Å². The molecule has 3 rings (SSSR count). The van der Waals surface area contributed by atoms with Gasteiger partial charge in [-0.1, -0.05) is 6.07 Å². The van der Waals surface area contributed by atoms with Crippen molar-refractivity contribution in [2.45, 2.75) is 6.92 Å². The predicted octanol–water partition coefficient (Wildman–Crippen LogP) is 2.64. The number of fused-ring (bicyclic) bond motifs is 1. The summed E-state index contributed by atoms with van der Waals surface area (Å²) >= 11 is 0. The normalized spacial score (nSPS) is 10.9. The zero-order chi connectivity index (χ0) is 16.4. The Morgan fingerprint density at radius 1 is 1.26 bits per heavy atom. The van der Waals surface area contributed by atoms with Crippen LogP contribution in [0.15, 0.2) is 36.5 Å². The lowest BCUT2D eigenvalue weighted by Crippen LogP contribution is -2.07. The highest BCUT2D eigenvalue weighted by Gasteiger charge is 2.13. The molecule has 0 aliphatic rings. The van der Waals surface area contributed by atoms with Crippen LogP contribution in [-0.4, -0.2) is 39.3 Å². The molecule has 0 amide bonds. The van der Waals surface area contributed by atoms with Gasteiger partial charge in [0.15, 0.2) is 0 Å². The quantitative estimate of drug-likeness (QED) is 0.580. The molecule has 0 fully saturated rings. The van der Waals surface area contributed by atoms with Gasteiger partial charge in [0, 0.05) is 18.1 Å². The molecular formula is C17H17N3O3. The molecule has 0 radical (unpaired) electrons. The Morgan fingerprint density at radius 3 is 2.83 bits per heavy atom. The van der Waals surface area contributed by atoms with Crippen LogP contribution < -0.4 is 5.32 Å². The number of carbonyl (C=O) groups is 1. The van der Waals surface area contributed by atoms with E-state index >= 15 is 0 Å². The summed E-state index contributed by atoms with van der Waals surface area (Å²) in [5.74, 6) is -0.326. The predicted molar refractivity (Wildman–Crippen MR) is 88.8 cm³/mol. The molecule has 0 bridgehead atoms. The first-order valence-electron chi connectivity index (χ1n) is 7.27. The van der Waals surface area contributed by atoms with Crippen LogP contribution in [0.25, 0.3) is 22.2 Å². The fraction of sp³-hybridized carbons (Fsp3) is 0.176. The highest BCUT2D eigenvalue weighted by atomic mass is 16.4. The average molecular weight is 311 g/mol. The Hall–Kier alpha value is -2.86. The minimum absolute atomic E-state index is 0.00725. The zero-order valence-electron chi connectivity index (χ0n) is 12.6. The van der Waals surface area contributed by atoms with Crippen molar-refractivity contribution in [1.82, 2.24) is 9.97 Å². The first-order valence-corrected chi connectivity index (χ1v) is 7.27. The van der Waals surface area contributed by atoms with Crippen molar-refractivity contribution in [3.63, 3.8) is 0 Å². The number of aryl methyl sites for hydroxylation is 1. The second-order valence-corrected chi connectivity index (χ2v) is 5.28. The van der Waals surface area contributed by atoms with E-state index in [2.05, 4.69) is 15.3 Å². The van der Waals surface area contributed by atoms with E-state index in [0.717, 1.165) is 22.1 Å². The molecule has 3 aromatic rings. The fourth-order valence-corrected chi connectivity index (χ4v) is 2.58. The number of H-pyrrole nitrogens is 1. The Labute approximate surface area is 132 Å². The molecule has 0 aliphatic carbocycles. The number of benzene rings is 1. The smallest absolute Gasteiger partial charge is 0.335 e. The second kappa shape index (κ2) is 6.10. The SMILES string of the molecule is Cc1ccc(C(=O)O)cc1-c1cc(NCCO)nc2[nH]ccc12. The molecule has 0 saturated heterocycles. The largest absolute Gasteiger partial charge is 0.478 e. The van der Waals surface area contributed by atoms with Gasteiger partial charge in [0.05, 0.1) is 12.2 Å². The number of nitrogens with zero attached hydrogens (tertiary/aromatic N) is 1. The maximum atomic E-state index is 11.3. The Balaban J connectivity index is 2.20. The number of aromatic carboxylic acids is 1. The molecule has 118 valence electrons. The zero-order valence-corrected chi connectivity index (χ0v) is 12.6. The Bertz CT molecular complexity index is 871. The number of hydrogen-bond acceptors (Lipinski definition) is 4. The monoisotopic (exact) mass is 311 g/mol. The van der Waals surface area contributed by atoms with Gasteiger partial charge < -0.3 is 20.5 Å². The molecule has 0 unspecified atom stereocenters. The number of aromatic nitrogens is 2. The van der Waals surface area contributed by atoms with E-state index in [-0.39, 0.29) is 12.2 Å². The van der Waals surface area contributed by atoms with Crippen LogP contribution in [0.3, 0.4) is 0 Å². The fourth-order valence-electron chi connectivity index (χ4n) is 2.58. The van der Waals surface area contributed by atoms with Crippen LogP contribution in [0.5, 0.6) is 0 Å². The van der Waals surface area contributed by atoms with Crippen molar-refractivity contribution in [2.24, 2.45) is 0 Å². The number of aliphatic hydroxyl groups is 1. The molecule has 0 atom stereocenters. The third kappa shape index (κ3) is 2.89. The number of carboxylic acids is 1. The van der Waals surface area contributed by atoms with Crippen molar-refractivity contribution in [2.75, 3.05) is 18.5 Å². The van der Waals surface area contributed by atoms with Crippen LogP contribution in [0.4, 0.5) is 5.82 Å². The van der Waals surface area contributed by atoms with E-state index < -0.39 is 5.97 Å². The Morgan fingerprint density at radius 2 is 2.09 bits per heavy atom. The summed E-state index contributed by atoms with van der Waals surface area (Å²) < 4.78 is 0. The summed E-state index contributed by atoms with van der Waals surface area (Å²) in [5, 5.41) is 22.2. The van der Waals surface area contributed by atoms with Gasteiger partial charge >= 0.3 is 5.97 Å². The summed E-state index contributed by atoms with van der Waals surface area (Å²) in [5.41, 5.74) is 3.69. The number of hydrogen-bond donors (Lipinski definition) is 4. The number of carboxylic acid groups (broad SMARTS) is 1. The molecule has 1 aromatic carbocycles. The number of aliphatic hydroxyl groups excluding tert-OH is 1. The second-order valence-electron chi connectivity index (χ2n) is 5.28. The van der Waals surface area contributed by atoms with Gasteiger partial charge in [0.2, 0.25) is 0 Å². The number of nitrogens with one attached hydrogen (secondary N) is 2. The molecule has 2 heterocycles. The van der Waals surface area contributed by atoms with Crippen LogP contribution in [-0.2, 0) is 0 Å². The lowest BCUT2D eigenvalue weighted by atomic mass is 9.96. The molecule has 6 heteroatoms. The summed E-state index contributed by atoms with van der Waals surface area (Å²) in [6.07, 6.45) is 1.80. The van der Waals surface area contributed by atoms with E-state index in [9.17, 15) is 9.90 Å². The standard InChI is InChI=1S/C17H17N3O3/c1-10-2-3-11(17(22)23)8-13(10)14-9-15(18-6-7-21)20-16-12(14)4-5-19-16/h2-5,8-9,21H,6-7H2,1H3,(H,22,23)(H2,18,19,20). The van der Waals surface area contributed by atoms with Crippen LogP contribution in [0.2, 0.25) is 0 Å². The summed E-state index contributed by atoms with van der Waals surface area (Å²) in [4.78, 5) is 18.8. The lowest BCUT2D eigenvalue weighted by Gasteiger charge is -2.11. The van der Waals surface area contributed by atoms with Crippen molar-refractivity contribution in [1.29, 1.82) is 0 Å². The van der Waals surface area contributed by atoms with Gasteiger partial charge in [-0.25, -0.2) is 9.78 Å². The summed E-state index contributed by atoms with van der Waals surface area (Å²) in [7, 11) is 0. The third-order valence-corrected chi connectivity index (χ3v) is 3.72. The van der Waals surface area contributed by atoms with E-state index in [0.29, 0.717) is 18.0 Å². The van der Waals surface area contributed by atoms with Gasteiger partial charge in [0.25, 0.3) is 0 Å². The van der Waals surface area contributed by atoms with Gasteiger partial charge in [0.1, 0.15) is 11.5 Å². The average Bonchev–Trinajstić information content (AvgIpc) is 3.01. The van der Waals surface area contributed by atoms with Crippen molar-refractivity contribution in [3.8, 4) is 11.1 Å². The number of rotatable bonds is 5. The van der Waals surface area contributed by atoms with Gasteiger partial charge in [-0.15, -0.1) is 0 Å². The van der Waals surface area contributed by atoms with Crippen LogP contribution in [0.1, 0.15) is 15.9 Å². The van der Waals surface area contributed by atoms with Crippen LogP contribution >= 0.6 is 0 Å². The lowest BCUT2D eigenvalue weighted by molar-refractivity contribution is 0.0697. The molecule has 0 saturated carbocycles. The number of anilines is 1. The maximum absolute atomic E-state index is 11.3. The summed E-state index contributed by atoms with van der Waals surface area (Å²) in [6, 6.07) is 8.87. The summed E-state index contributed by atoms with van der Waals surface area (Å²) in [6.45, 7) is 2.35. The first-order chi connectivity index (χ1) is 11.1. The molecule has 2 aromatic heterocycles. The van der Waals surface area contributed by atoms with Crippen molar-refractivity contribution in [3.05, 3.63) is 47.7 Å². The Kier molecular flexibility index (Phi) is 3.99. The van der Waals surface area contributed by atoms with Crippen molar-refractivity contribution < 1.29 is 15.0 Å². The maximum Gasteiger partial charge on any atom is 0.335 e. The van der Waals surface area contributed by atoms with E-state index in [1.54, 1.807) is 24.4 Å². The highest BCUT2D eigenvalue weighted by Crippen LogP contribution is 2.32. The van der Waals surface area contributed by atoms with Gasteiger partial charge in [-0.3, -0.25) is 0 Å². The first kappa shape index (κ1) is 15.1. The minimum atomic E-state index is -0.954. The topological polar surface area (TPSA) is 98.2 Å². The number of aromatic amines is 1. The molecule has 6 nitrogen and oxygen atoms in total.